The summed E-state index contributed by atoms with van der Waals surface area (Å²) in [7, 11) is -2.82. The molecule has 0 unspecified atom stereocenters. The molecule has 14 heavy (non-hydrogen) atoms. The van der Waals surface area contributed by atoms with Gasteiger partial charge in [0.15, 0.2) is 15.9 Å². The molecular weight excluding hydrogens is 206 g/mol. The van der Waals surface area contributed by atoms with Crippen LogP contribution in [0.25, 0.3) is 0 Å². The number of nitrogen functional groups attached to an aromatic ring is 1. The summed E-state index contributed by atoms with van der Waals surface area (Å²) in [4.78, 5) is 0. The Morgan fingerprint density at radius 3 is 2.64 bits per heavy atom. The minimum absolute atomic E-state index is 0.0968. The SMILES string of the molecule is Nc1c[n+](C2CCS(=O)(=O)CC2)no1. The first-order valence-electron chi connectivity index (χ1n) is 4.41. The van der Waals surface area contributed by atoms with Crippen molar-refractivity contribution in [2.24, 2.45) is 0 Å². The number of nitrogens with two attached hydrogens (primary N) is 1. The lowest BCUT2D eigenvalue weighted by molar-refractivity contribution is -0.785. The topological polar surface area (TPSA) is 90.1 Å². The summed E-state index contributed by atoms with van der Waals surface area (Å²) < 4.78 is 28.6. The van der Waals surface area contributed by atoms with Crippen LogP contribution in [0.4, 0.5) is 5.88 Å². The molecular formula is C7H12N3O3S+. The van der Waals surface area contributed by atoms with E-state index in [1.165, 1.54) is 0 Å². The molecule has 6 nitrogen and oxygen atoms in total. The first kappa shape index (κ1) is 9.45. The van der Waals surface area contributed by atoms with E-state index >= 15 is 0 Å². The summed E-state index contributed by atoms with van der Waals surface area (Å²) in [6.45, 7) is 0. The maximum Gasteiger partial charge on any atom is 0.293 e. The molecule has 0 saturated carbocycles. The standard InChI is InChI=1S/C7H12N3O3S/c8-7-5-10(9-13-7)6-1-3-14(11,12)4-2-6/h5-6H,1-4,8H2/q+1. The van der Waals surface area contributed by atoms with Gasteiger partial charge >= 0.3 is 0 Å². The molecule has 2 N–H and O–H groups in total. The monoisotopic (exact) mass is 218 g/mol. The van der Waals surface area contributed by atoms with Crippen molar-refractivity contribution in [2.75, 3.05) is 17.2 Å². The van der Waals surface area contributed by atoms with Gasteiger partial charge in [-0.25, -0.2) is 8.42 Å². The van der Waals surface area contributed by atoms with E-state index in [0.717, 1.165) is 0 Å². The van der Waals surface area contributed by atoms with Gasteiger partial charge in [-0.3, -0.25) is 4.52 Å². The van der Waals surface area contributed by atoms with Crippen LogP contribution in [0.5, 0.6) is 0 Å². The molecule has 0 amide bonds. The van der Waals surface area contributed by atoms with E-state index in [1.807, 2.05) is 0 Å². The summed E-state index contributed by atoms with van der Waals surface area (Å²) in [5.74, 6) is 0.688. The van der Waals surface area contributed by atoms with E-state index in [-0.39, 0.29) is 23.4 Å². The number of anilines is 1. The fraction of sp³-hybridized carbons (Fsp3) is 0.714. The number of nitrogens with zero attached hydrogens (tertiary/aromatic N) is 2. The molecule has 0 radical (unpaired) electrons. The van der Waals surface area contributed by atoms with E-state index in [1.54, 1.807) is 10.9 Å². The van der Waals surface area contributed by atoms with Crippen LogP contribution in [0, 0.1) is 0 Å². The Balaban J connectivity index is 2.09. The maximum atomic E-state index is 11.2. The quantitative estimate of drug-likeness (QED) is 0.629. The van der Waals surface area contributed by atoms with E-state index in [2.05, 4.69) is 5.27 Å². The first-order chi connectivity index (χ1) is 6.57. The third kappa shape index (κ3) is 1.87. The zero-order valence-corrected chi connectivity index (χ0v) is 8.40. The van der Waals surface area contributed by atoms with Gasteiger partial charge in [-0.15, -0.1) is 0 Å². The highest BCUT2D eigenvalue weighted by Gasteiger charge is 2.32. The Kier molecular flexibility index (Phi) is 2.18. The maximum absolute atomic E-state index is 11.2. The Morgan fingerprint density at radius 2 is 2.14 bits per heavy atom. The summed E-state index contributed by atoms with van der Waals surface area (Å²) in [6.07, 6.45) is 2.75. The lowest BCUT2D eigenvalue weighted by Crippen LogP contribution is -2.44. The third-order valence-electron chi connectivity index (χ3n) is 2.40. The summed E-state index contributed by atoms with van der Waals surface area (Å²) in [5.41, 5.74) is 5.37. The fourth-order valence-corrected chi connectivity index (χ4v) is 3.05. The second-order valence-electron chi connectivity index (χ2n) is 3.47. The number of sulfone groups is 1. The Hall–Kier alpha value is -1.11. The van der Waals surface area contributed by atoms with Crippen molar-refractivity contribution in [3.05, 3.63) is 6.20 Å². The second-order valence-corrected chi connectivity index (χ2v) is 5.77. The van der Waals surface area contributed by atoms with Crippen molar-refractivity contribution < 1.29 is 17.6 Å². The van der Waals surface area contributed by atoms with E-state index in [9.17, 15) is 8.42 Å². The molecule has 0 bridgehead atoms. The minimum atomic E-state index is -2.82. The van der Waals surface area contributed by atoms with Gasteiger partial charge in [0.05, 0.1) is 11.5 Å². The molecule has 1 saturated heterocycles. The van der Waals surface area contributed by atoms with Crippen molar-refractivity contribution >= 4 is 15.7 Å². The highest BCUT2D eigenvalue weighted by Crippen LogP contribution is 2.18. The third-order valence-corrected chi connectivity index (χ3v) is 4.11. The molecule has 1 aliphatic rings. The molecule has 0 aromatic carbocycles. The smallest absolute Gasteiger partial charge is 0.293 e. The van der Waals surface area contributed by atoms with Gasteiger partial charge in [0, 0.05) is 12.8 Å². The van der Waals surface area contributed by atoms with Gasteiger partial charge in [-0.2, -0.15) is 0 Å². The molecule has 1 aliphatic heterocycles. The Labute approximate surface area is 81.6 Å². The fourth-order valence-electron chi connectivity index (χ4n) is 1.59. The van der Waals surface area contributed by atoms with Crippen molar-refractivity contribution in [2.45, 2.75) is 18.9 Å². The zero-order chi connectivity index (χ0) is 10.2. The molecule has 1 fully saturated rings. The lowest BCUT2D eigenvalue weighted by atomic mass is 10.2. The highest BCUT2D eigenvalue weighted by molar-refractivity contribution is 7.91. The van der Waals surface area contributed by atoms with Gasteiger partial charge in [-0.1, -0.05) is 0 Å². The number of rotatable bonds is 1. The van der Waals surface area contributed by atoms with Crippen LogP contribution in [-0.2, 0) is 9.84 Å². The average Bonchev–Trinajstić information content (AvgIpc) is 2.52. The predicted octanol–water partition coefficient (Wildman–Crippen LogP) is -0.706. The molecule has 0 atom stereocenters. The second kappa shape index (κ2) is 3.23. The van der Waals surface area contributed by atoms with E-state index < -0.39 is 9.84 Å². The zero-order valence-electron chi connectivity index (χ0n) is 7.59. The van der Waals surface area contributed by atoms with Crippen LogP contribution in [0.3, 0.4) is 0 Å². The van der Waals surface area contributed by atoms with E-state index in [0.29, 0.717) is 12.8 Å². The van der Waals surface area contributed by atoms with Crippen LogP contribution in [0.2, 0.25) is 0 Å². The largest absolute Gasteiger partial charge is 0.362 e. The van der Waals surface area contributed by atoms with Crippen LogP contribution >= 0.6 is 0 Å². The van der Waals surface area contributed by atoms with Crippen LogP contribution < -0.4 is 10.4 Å². The van der Waals surface area contributed by atoms with Crippen molar-refractivity contribution in [1.29, 1.82) is 0 Å². The van der Waals surface area contributed by atoms with Crippen molar-refractivity contribution in [3.8, 4) is 0 Å². The average molecular weight is 218 g/mol. The minimum Gasteiger partial charge on any atom is -0.362 e. The number of hydrogen-bond acceptors (Lipinski definition) is 5. The molecule has 2 rings (SSSR count). The van der Waals surface area contributed by atoms with Gasteiger partial charge in [-0.05, 0) is 4.68 Å². The Bertz CT molecular complexity index is 411. The van der Waals surface area contributed by atoms with Crippen LogP contribution in [0.1, 0.15) is 18.9 Å². The van der Waals surface area contributed by atoms with Crippen LogP contribution in [0.15, 0.2) is 10.7 Å². The van der Waals surface area contributed by atoms with Gasteiger partial charge in [0.25, 0.3) is 12.1 Å². The molecule has 1 aromatic rings. The number of aromatic nitrogens is 2. The van der Waals surface area contributed by atoms with Crippen molar-refractivity contribution in [1.82, 2.24) is 5.27 Å². The predicted molar refractivity (Wildman–Crippen MR) is 48.0 cm³/mol. The van der Waals surface area contributed by atoms with Gasteiger partial charge < -0.3 is 5.73 Å². The Morgan fingerprint density at radius 1 is 1.50 bits per heavy atom. The van der Waals surface area contributed by atoms with Crippen LogP contribution in [-0.4, -0.2) is 25.2 Å². The van der Waals surface area contributed by atoms with E-state index in [4.69, 9.17) is 10.3 Å². The molecule has 7 heteroatoms. The summed E-state index contributed by atoms with van der Waals surface area (Å²) >= 11 is 0. The van der Waals surface area contributed by atoms with Crippen molar-refractivity contribution in [3.63, 3.8) is 0 Å². The number of hydrogen-bond donors (Lipinski definition) is 1. The molecule has 1 aromatic heterocycles. The normalized spacial score (nSPS) is 22.3. The molecule has 0 spiro atoms. The molecule has 78 valence electrons. The summed E-state index contributed by atoms with van der Waals surface area (Å²) in [6, 6.07) is 0.0968. The summed E-state index contributed by atoms with van der Waals surface area (Å²) in [5, 5.41) is 3.71. The molecule has 0 aliphatic carbocycles. The highest BCUT2D eigenvalue weighted by atomic mass is 32.2. The lowest BCUT2D eigenvalue weighted by Gasteiger charge is -2.14. The van der Waals surface area contributed by atoms with Gasteiger partial charge in [0.1, 0.15) is 0 Å². The molecule has 2 heterocycles. The van der Waals surface area contributed by atoms with Gasteiger partial charge in [0.2, 0.25) is 5.27 Å². The first-order valence-corrected chi connectivity index (χ1v) is 6.23.